The zero-order valence-corrected chi connectivity index (χ0v) is 17.3. The first kappa shape index (κ1) is 21.6. The van der Waals surface area contributed by atoms with Crippen LogP contribution in [0.1, 0.15) is 26.3 Å². The van der Waals surface area contributed by atoms with E-state index < -0.39 is 11.7 Å². The van der Waals surface area contributed by atoms with Gasteiger partial charge in [0.1, 0.15) is 12.1 Å². The van der Waals surface area contributed by atoms with Crippen LogP contribution in [-0.4, -0.2) is 36.1 Å². The molecule has 0 atom stereocenters. The summed E-state index contributed by atoms with van der Waals surface area (Å²) in [4.78, 5) is 25.3. The van der Waals surface area contributed by atoms with E-state index in [9.17, 15) is 9.59 Å². The van der Waals surface area contributed by atoms with Crippen LogP contribution in [0.4, 0.5) is 16.2 Å². The van der Waals surface area contributed by atoms with E-state index in [1.54, 1.807) is 39.0 Å². The fourth-order valence-electron chi connectivity index (χ4n) is 2.35. The third-order valence-corrected chi connectivity index (χ3v) is 3.98. The highest BCUT2D eigenvalue weighted by Crippen LogP contribution is 2.26. The van der Waals surface area contributed by atoms with Gasteiger partial charge in [0.25, 0.3) is 0 Å². The second kappa shape index (κ2) is 9.46. The number of rotatable bonds is 6. The van der Waals surface area contributed by atoms with E-state index in [-0.39, 0.29) is 12.5 Å². The molecule has 2 N–H and O–H groups in total. The Kier molecular flexibility index (Phi) is 7.29. The van der Waals surface area contributed by atoms with Gasteiger partial charge >= 0.3 is 6.09 Å². The SMILES string of the molecule is CN(CC(=O)Nc1ccc(NCc2ccccc2)c(Cl)c1)C(=O)OC(C)(C)C. The number of halogens is 1. The Balaban J connectivity index is 1.89. The van der Waals surface area contributed by atoms with Crippen molar-refractivity contribution in [2.24, 2.45) is 0 Å². The summed E-state index contributed by atoms with van der Waals surface area (Å²) in [6, 6.07) is 15.2. The number of carbonyl (C=O) groups is 2. The lowest BCUT2D eigenvalue weighted by Gasteiger charge is -2.24. The van der Waals surface area contributed by atoms with Gasteiger partial charge in [-0.2, -0.15) is 0 Å². The van der Waals surface area contributed by atoms with Crippen LogP contribution in [0.2, 0.25) is 5.02 Å². The molecule has 0 aliphatic heterocycles. The van der Waals surface area contributed by atoms with Gasteiger partial charge in [0.05, 0.1) is 10.7 Å². The molecule has 2 rings (SSSR count). The monoisotopic (exact) mass is 403 g/mol. The predicted molar refractivity (Wildman–Crippen MR) is 113 cm³/mol. The highest BCUT2D eigenvalue weighted by atomic mass is 35.5. The Labute approximate surface area is 170 Å². The summed E-state index contributed by atoms with van der Waals surface area (Å²) < 4.78 is 5.23. The molecule has 0 aliphatic carbocycles. The van der Waals surface area contributed by atoms with Gasteiger partial charge in [-0.25, -0.2) is 4.79 Å². The number of carbonyl (C=O) groups excluding carboxylic acids is 2. The van der Waals surface area contributed by atoms with Crippen molar-refractivity contribution in [1.82, 2.24) is 4.90 Å². The molecule has 2 aromatic rings. The van der Waals surface area contributed by atoms with Crippen LogP contribution in [0.5, 0.6) is 0 Å². The topological polar surface area (TPSA) is 70.7 Å². The lowest BCUT2D eigenvalue weighted by molar-refractivity contribution is -0.117. The van der Waals surface area contributed by atoms with Crippen LogP contribution >= 0.6 is 11.6 Å². The van der Waals surface area contributed by atoms with Gasteiger partial charge in [0.2, 0.25) is 5.91 Å². The van der Waals surface area contributed by atoms with E-state index >= 15 is 0 Å². The van der Waals surface area contributed by atoms with Gasteiger partial charge in [0.15, 0.2) is 0 Å². The van der Waals surface area contributed by atoms with E-state index in [2.05, 4.69) is 10.6 Å². The molecule has 0 heterocycles. The number of ether oxygens (including phenoxy) is 1. The van der Waals surface area contributed by atoms with Crippen LogP contribution < -0.4 is 10.6 Å². The zero-order chi connectivity index (χ0) is 20.7. The average molecular weight is 404 g/mol. The van der Waals surface area contributed by atoms with Gasteiger partial charge in [-0.05, 0) is 44.5 Å². The molecule has 0 saturated carbocycles. The first-order valence-corrected chi connectivity index (χ1v) is 9.33. The van der Waals surface area contributed by atoms with Crippen LogP contribution in [0.3, 0.4) is 0 Å². The van der Waals surface area contributed by atoms with E-state index in [0.717, 1.165) is 11.3 Å². The van der Waals surface area contributed by atoms with Crippen molar-refractivity contribution < 1.29 is 14.3 Å². The van der Waals surface area contributed by atoms with Crippen LogP contribution in [0.25, 0.3) is 0 Å². The molecule has 0 radical (unpaired) electrons. The molecule has 0 unspecified atom stereocenters. The molecule has 28 heavy (non-hydrogen) atoms. The van der Waals surface area contributed by atoms with E-state index in [1.807, 2.05) is 30.3 Å². The number of hydrogen-bond acceptors (Lipinski definition) is 4. The largest absolute Gasteiger partial charge is 0.444 e. The first-order valence-electron chi connectivity index (χ1n) is 8.95. The average Bonchev–Trinajstić information content (AvgIpc) is 2.60. The fourth-order valence-corrected chi connectivity index (χ4v) is 2.60. The van der Waals surface area contributed by atoms with Crippen molar-refractivity contribution in [2.45, 2.75) is 32.9 Å². The maximum atomic E-state index is 12.2. The minimum absolute atomic E-state index is 0.124. The van der Waals surface area contributed by atoms with Crippen molar-refractivity contribution >= 4 is 35.0 Å². The van der Waals surface area contributed by atoms with Gasteiger partial charge in [0, 0.05) is 19.3 Å². The predicted octanol–water partition coefficient (Wildman–Crippen LogP) is 4.76. The van der Waals surface area contributed by atoms with E-state index in [1.165, 1.54) is 11.9 Å². The zero-order valence-electron chi connectivity index (χ0n) is 16.6. The van der Waals surface area contributed by atoms with Crippen molar-refractivity contribution in [3.8, 4) is 0 Å². The Morgan fingerprint density at radius 1 is 1.11 bits per heavy atom. The summed E-state index contributed by atoms with van der Waals surface area (Å²) >= 11 is 6.31. The summed E-state index contributed by atoms with van der Waals surface area (Å²) in [5.74, 6) is -0.338. The third kappa shape index (κ3) is 7.12. The van der Waals surface area contributed by atoms with Gasteiger partial charge in [-0.1, -0.05) is 41.9 Å². The summed E-state index contributed by atoms with van der Waals surface area (Å²) in [7, 11) is 1.51. The summed E-state index contributed by atoms with van der Waals surface area (Å²) in [6.07, 6.45) is -0.554. The summed E-state index contributed by atoms with van der Waals surface area (Å²) in [5.41, 5.74) is 1.85. The Hall–Kier alpha value is -2.73. The minimum atomic E-state index is -0.613. The third-order valence-electron chi connectivity index (χ3n) is 3.66. The molecule has 0 bridgehead atoms. The van der Waals surface area contributed by atoms with Gasteiger partial charge in [-0.15, -0.1) is 0 Å². The van der Waals surface area contributed by atoms with Crippen LogP contribution in [-0.2, 0) is 16.1 Å². The first-order chi connectivity index (χ1) is 13.1. The molecule has 0 aliphatic rings. The highest BCUT2D eigenvalue weighted by Gasteiger charge is 2.21. The molecule has 0 spiro atoms. The molecule has 7 heteroatoms. The molecule has 2 aromatic carbocycles. The Morgan fingerprint density at radius 3 is 2.39 bits per heavy atom. The quantitative estimate of drug-likeness (QED) is 0.729. The molecular formula is C21H26ClN3O3. The molecule has 6 nitrogen and oxygen atoms in total. The maximum Gasteiger partial charge on any atom is 0.410 e. The van der Waals surface area contributed by atoms with Crippen molar-refractivity contribution in [1.29, 1.82) is 0 Å². The van der Waals surface area contributed by atoms with Crippen molar-refractivity contribution in [3.05, 3.63) is 59.1 Å². The normalized spacial score (nSPS) is 10.9. The van der Waals surface area contributed by atoms with Gasteiger partial charge < -0.3 is 20.3 Å². The molecule has 2 amide bonds. The van der Waals surface area contributed by atoms with Crippen molar-refractivity contribution in [3.63, 3.8) is 0 Å². The lowest BCUT2D eigenvalue weighted by Crippen LogP contribution is -2.38. The summed E-state index contributed by atoms with van der Waals surface area (Å²) in [5, 5.41) is 6.49. The van der Waals surface area contributed by atoms with Crippen molar-refractivity contribution in [2.75, 3.05) is 24.2 Å². The smallest absolute Gasteiger partial charge is 0.410 e. The second-order valence-corrected chi connectivity index (χ2v) is 7.83. The summed E-state index contributed by atoms with van der Waals surface area (Å²) in [6.45, 7) is 5.84. The molecule has 0 aromatic heterocycles. The maximum absolute atomic E-state index is 12.2. The second-order valence-electron chi connectivity index (χ2n) is 7.42. The number of amides is 2. The minimum Gasteiger partial charge on any atom is -0.444 e. The number of nitrogens with zero attached hydrogens (tertiary/aromatic N) is 1. The number of nitrogens with one attached hydrogen (secondary N) is 2. The molecule has 150 valence electrons. The Bertz CT molecular complexity index is 819. The van der Waals surface area contributed by atoms with Gasteiger partial charge in [-0.3, -0.25) is 4.79 Å². The molecule has 0 fully saturated rings. The molecule has 0 saturated heterocycles. The van der Waals surface area contributed by atoms with Crippen LogP contribution in [0.15, 0.2) is 48.5 Å². The molecular weight excluding hydrogens is 378 g/mol. The fraction of sp³-hybridized carbons (Fsp3) is 0.333. The highest BCUT2D eigenvalue weighted by molar-refractivity contribution is 6.33. The van der Waals surface area contributed by atoms with Crippen LogP contribution in [0, 0.1) is 0 Å². The lowest BCUT2D eigenvalue weighted by atomic mass is 10.2. The Morgan fingerprint density at radius 2 is 1.79 bits per heavy atom. The number of benzene rings is 2. The van der Waals surface area contributed by atoms with E-state index in [0.29, 0.717) is 17.3 Å². The number of hydrogen-bond donors (Lipinski definition) is 2. The van der Waals surface area contributed by atoms with E-state index in [4.69, 9.17) is 16.3 Å². The number of likely N-dealkylation sites (N-methyl/N-ethyl adjacent to an activating group) is 1. The number of anilines is 2. The standard InChI is InChI=1S/C21H26ClN3O3/c1-21(2,3)28-20(27)25(4)14-19(26)24-16-10-11-18(17(22)12-16)23-13-15-8-6-5-7-9-15/h5-12,23H,13-14H2,1-4H3,(H,24,26).